The van der Waals surface area contributed by atoms with Gasteiger partial charge in [-0.25, -0.2) is 18.4 Å². The average molecular weight is 414 g/mol. The fraction of sp³-hybridized carbons (Fsp3) is 0.286. The van der Waals surface area contributed by atoms with E-state index < -0.39 is 16.0 Å². The van der Waals surface area contributed by atoms with Crippen LogP contribution in [0.2, 0.25) is 0 Å². The number of ether oxygens (including phenoxy) is 2. The Morgan fingerprint density at radius 2 is 1.79 bits per heavy atom. The van der Waals surface area contributed by atoms with Gasteiger partial charge >= 0.3 is 5.97 Å². The van der Waals surface area contributed by atoms with E-state index in [9.17, 15) is 13.2 Å². The molecule has 29 heavy (non-hydrogen) atoms. The van der Waals surface area contributed by atoms with Crippen molar-refractivity contribution in [3.8, 4) is 5.75 Å². The first kappa shape index (κ1) is 19.5. The van der Waals surface area contributed by atoms with E-state index in [0.717, 1.165) is 23.7 Å². The van der Waals surface area contributed by atoms with Crippen LogP contribution >= 0.6 is 0 Å². The summed E-state index contributed by atoms with van der Waals surface area (Å²) in [6.07, 6.45) is 4.45. The molecule has 1 aromatic heterocycles. The topological polar surface area (TPSA) is 111 Å². The number of nitrogens with one attached hydrogen (secondary N) is 1. The second kappa shape index (κ2) is 7.88. The number of carbonyl (C=O) groups is 1. The van der Waals surface area contributed by atoms with Crippen LogP contribution in [0.25, 0.3) is 10.9 Å². The number of rotatable bonds is 6. The van der Waals surface area contributed by atoms with Gasteiger partial charge in [0.1, 0.15) is 19.0 Å². The lowest BCUT2D eigenvalue weighted by Gasteiger charge is -2.10. The van der Waals surface area contributed by atoms with E-state index in [0.29, 0.717) is 11.3 Å². The van der Waals surface area contributed by atoms with Crippen molar-refractivity contribution in [2.24, 2.45) is 5.14 Å². The molecule has 0 radical (unpaired) electrons. The van der Waals surface area contributed by atoms with Crippen LogP contribution in [0.15, 0.2) is 47.4 Å². The maximum atomic E-state index is 12.4. The Labute approximate surface area is 168 Å². The third-order valence-corrected chi connectivity index (χ3v) is 6.00. The maximum Gasteiger partial charge on any atom is 0.338 e. The molecule has 0 atom stereocenters. The number of aryl methyl sites for hydroxylation is 2. The minimum atomic E-state index is -3.73. The Balaban J connectivity index is 1.34. The van der Waals surface area contributed by atoms with Crippen molar-refractivity contribution in [1.82, 2.24) is 4.98 Å². The molecule has 3 aromatic rings. The van der Waals surface area contributed by atoms with Crippen molar-refractivity contribution < 1.29 is 22.7 Å². The third kappa shape index (κ3) is 4.28. The fourth-order valence-corrected chi connectivity index (χ4v) is 4.15. The van der Waals surface area contributed by atoms with Crippen LogP contribution in [0.1, 0.15) is 34.5 Å². The largest absolute Gasteiger partial charge is 0.490 e. The van der Waals surface area contributed by atoms with Crippen LogP contribution < -0.4 is 9.88 Å². The van der Waals surface area contributed by atoms with E-state index in [2.05, 4.69) is 4.98 Å². The number of nitrogens with two attached hydrogens (primary N) is 1. The number of sulfonamides is 1. The second-order valence-corrected chi connectivity index (χ2v) is 8.61. The molecule has 0 amide bonds. The summed E-state index contributed by atoms with van der Waals surface area (Å²) >= 11 is 0. The molecule has 0 spiro atoms. The number of esters is 1. The minimum Gasteiger partial charge on any atom is -0.490 e. The summed E-state index contributed by atoms with van der Waals surface area (Å²) in [5.74, 6) is 0.0691. The highest BCUT2D eigenvalue weighted by Crippen LogP contribution is 2.29. The van der Waals surface area contributed by atoms with Gasteiger partial charge in [-0.05, 0) is 73.7 Å². The minimum absolute atomic E-state index is 0.0126. The van der Waals surface area contributed by atoms with E-state index in [1.54, 1.807) is 6.07 Å². The molecule has 0 unspecified atom stereocenters. The molecule has 7 nitrogen and oxygen atoms in total. The summed E-state index contributed by atoms with van der Waals surface area (Å²) in [6, 6.07) is 11.3. The van der Waals surface area contributed by atoms with Gasteiger partial charge in [0.15, 0.2) is 0 Å². The Bertz CT molecular complexity index is 1150. The quantitative estimate of drug-likeness (QED) is 0.476. The highest BCUT2D eigenvalue weighted by Gasteiger charge is 2.17. The lowest BCUT2D eigenvalue weighted by Crippen LogP contribution is -2.13. The van der Waals surface area contributed by atoms with Gasteiger partial charge < -0.3 is 14.5 Å². The van der Waals surface area contributed by atoms with Crippen molar-refractivity contribution >= 4 is 26.9 Å². The molecule has 4 rings (SSSR count). The monoisotopic (exact) mass is 414 g/mol. The summed E-state index contributed by atoms with van der Waals surface area (Å²) < 4.78 is 33.3. The van der Waals surface area contributed by atoms with Crippen LogP contribution in [0.3, 0.4) is 0 Å². The molecule has 0 saturated heterocycles. The number of hydrogen-bond donors (Lipinski definition) is 2. The van der Waals surface area contributed by atoms with Gasteiger partial charge in [-0.1, -0.05) is 0 Å². The Morgan fingerprint density at radius 1 is 1.03 bits per heavy atom. The van der Waals surface area contributed by atoms with E-state index in [-0.39, 0.29) is 18.1 Å². The maximum absolute atomic E-state index is 12.4. The lowest BCUT2D eigenvalue weighted by molar-refractivity contribution is 0.0450. The summed E-state index contributed by atoms with van der Waals surface area (Å²) in [7, 11) is -3.73. The number of primary sulfonamides is 1. The smallest absolute Gasteiger partial charge is 0.338 e. The number of H-pyrrole nitrogens is 1. The van der Waals surface area contributed by atoms with E-state index in [4.69, 9.17) is 14.6 Å². The van der Waals surface area contributed by atoms with Gasteiger partial charge in [0, 0.05) is 16.6 Å². The first-order valence-corrected chi connectivity index (χ1v) is 11.0. The third-order valence-electron chi connectivity index (χ3n) is 5.07. The number of aromatic nitrogens is 1. The predicted molar refractivity (Wildman–Crippen MR) is 109 cm³/mol. The van der Waals surface area contributed by atoms with Crippen LogP contribution in [0.5, 0.6) is 5.75 Å². The van der Waals surface area contributed by atoms with Crippen molar-refractivity contribution in [3.63, 3.8) is 0 Å². The number of fused-ring (bicyclic) bond motifs is 3. The zero-order valence-electron chi connectivity index (χ0n) is 15.8. The first-order valence-electron chi connectivity index (χ1n) is 9.48. The fourth-order valence-electron chi connectivity index (χ4n) is 3.64. The van der Waals surface area contributed by atoms with Crippen molar-refractivity contribution in [2.45, 2.75) is 30.6 Å². The van der Waals surface area contributed by atoms with Crippen molar-refractivity contribution in [2.75, 3.05) is 13.2 Å². The second-order valence-electron chi connectivity index (χ2n) is 7.05. The normalized spacial score (nSPS) is 13.8. The Kier molecular flexibility index (Phi) is 5.29. The first-order chi connectivity index (χ1) is 13.9. The van der Waals surface area contributed by atoms with Crippen LogP contribution in [-0.4, -0.2) is 32.6 Å². The number of benzene rings is 2. The molecule has 0 saturated carbocycles. The summed E-state index contributed by atoms with van der Waals surface area (Å²) in [6.45, 7) is 0.237. The zero-order valence-corrected chi connectivity index (χ0v) is 16.6. The van der Waals surface area contributed by atoms with Gasteiger partial charge in [0.05, 0.1) is 10.5 Å². The molecule has 1 aliphatic rings. The van der Waals surface area contributed by atoms with Gasteiger partial charge in [-0.3, -0.25) is 0 Å². The van der Waals surface area contributed by atoms with Crippen molar-refractivity contribution in [1.29, 1.82) is 0 Å². The average Bonchev–Trinajstić information content (AvgIpc) is 3.08. The molecule has 1 aliphatic carbocycles. The van der Waals surface area contributed by atoms with Gasteiger partial charge in [-0.2, -0.15) is 0 Å². The molecule has 3 N–H and O–H groups in total. The molecule has 152 valence electrons. The number of aromatic amines is 1. The highest BCUT2D eigenvalue weighted by molar-refractivity contribution is 7.89. The van der Waals surface area contributed by atoms with E-state index in [1.807, 2.05) is 12.1 Å². The summed E-state index contributed by atoms with van der Waals surface area (Å²) in [4.78, 5) is 15.8. The summed E-state index contributed by atoms with van der Waals surface area (Å²) in [5.41, 5.74) is 4.16. The Morgan fingerprint density at radius 3 is 2.55 bits per heavy atom. The number of hydrogen-bond acceptors (Lipinski definition) is 5. The molecular weight excluding hydrogens is 392 g/mol. The number of carbonyl (C=O) groups excluding carboxylic acids is 1. The van der Waals surface area contributed by atoms with Crippen molar-refractivity contribution in [3.05, 3.63) is 59.3 Å². The van der Waals surface area contributed by atoms with E-state index >= 15 is 0 Å². The van der Waals surface area contributed by atoms with Gasteiger partial charge in [0.2, 0.25) is 10.0 Å². The van der Waals surface area contributed by atoms with E-state index in [1.165, 1.54) is 48.4 Å². The zero-order chi connectivity index (χ0) is 20.4. The molecule has 0 aliphatic heterocycles. The molecule has 8 heteroatoms. The molecule has 0 fully saturated rings. The highest BCUT2D eigenvalue weighted by atomic mass is 32.2. The standard InChI is InChI=1S/C21H22N2O5S/c22-29(25,26)16-8-6-15(7-9-16)27-11-12-28-21(24)14-5-10-20-18(13-14)17-3-1-2-4-19(17)23-20/h5-10,13,23H,1-4,11-12H2,(H2,22,25,26). The lowest BCUT2D eigenvalue weighted by atomic mass is 9.95. The van der Waals surface area contributed by atoms with Crippen LogP contribution in [0, 0.1) is 0 Å². The van der Waals surface area contributed by atoms with Gasteiger partial charge in [0.25, 0.3) is 0 Å². The molecular formula is C21H22N2O5S. The van der Waals surface area contributed by atoms with Crippen LogP contribution in [-0.2, 0) is 27.6 Å². The predicted octanol–water partition coefficient (Wildman–Crippen LogP) is 2.93. The molecule has 1 heterocycles. The Hall–Kier alpha value is -2.84. The molecule has 0 bridgehead atoms. The van der Waals surface area contributed by atoms with Gasteiger partial charge in [-0.15, -0.1) is 0 Å². The summed E-state index contributed by atoms with van der Waals surface area (Å²) in [5, 5.41) is 6.15. The SMILES string of the molecule is NS(=O)(=O)c1ccc(OCCOC(=O)c2ccc3[nH]c4c(c3c2)CCCC4)cc1. The molecule has 2 aromatic carbocycles. The van der Waals surface area contributed by atoms with Crippen LogP contribution in [0.4, 0.5) is 0 Å².